The fourth-order valence-electron chi connectivity index (χ4n) is 2.53. The van der Waals surface area contributed by atoms with Gasteiger partial charge in [0.25, 0.3) is 0 Å². The third kappa shape index (κ3) is 4.40. The Hall–Kier alpha value is -1.67. The predicted octanol–water partition coefficient (Wildman–Crippen LogP) is 4.10. The van der Waals surface area contributed by atoms with Crippen LogP contribution in [0.1, 0.15) is 49.2 Å². The number of rotatable bonds is 7. The van der Waals surface area contributed by atoms with Crippen LogP contribution in [0.4, 0.5) is 0 Å². The Morgan fingerprint density at radius 2 is 1.57 bits per heavy atom. The maximum absolute atomic E-state index is 4.59. The van der Waals surface area contributed by atoms with Crippen molar-refractivity contribution in [2.24, 2.45) is 0 Å². The summed E-state index contributed by atoms with van der Waals surface area (Å²) in [5.41, 5.74) is 5.18. The highest BCUT2D eigenvalue weighted by atomic mass is 14.9. The molecule has 0 radical (unpaired) electrons. The van der Waals surface area contributed by atoms with Crippen molar-refractivity contribution in [3.05, 3.63) is 65.0 Å². The molecule has 2 rings (SSSR count). The SMILES string of the molecule is CCNC(Cc1ccc(CC)cn1)c1ccc(CC)cc1. The molecule has 0 aliphatic carbocycles. The van der Waals surface area contributed by atoms with Gasteiger partial charge in [-0.15, -0.1) is 0 Å². The summed E-state index contributed by atoms with van der Waals surface area (Å²) in [5.74, 6) is 0. The van der Waals surface area contributed by atoms with Crippen LogP contribution in [-0.4, -0.2) is 11.5 Å². The van der Waals surface area contributed by atoms with Crippen molar-refractivity contribution in [2.45, 2.75) is 46.1 Å². The average Bonchev–Trinajstić information content (AvgIpc) is 2.55. The van der Waals surface area contributed by atoms with Gasteiger partial charge in [-0.3, -0.25) is 4.98 Å². The molecule has 0 spiro atoms. The van der Waals surface area contributed by atoms with Crippen LogP contribution in [0, 0.1) is 0 Å². The molecule has 21 heavy (non-hydrogen) atoms. The molecule has 1 aromatic heterocycles. The van der Waals surface area contributed by atoms with Gasteiger partial charge in [-0.1, -0.05) is 51.1 Å². The second kappa shape index (κ2) is 7.94. The normalized spacial score (nSPS) is 12.3. The van der Waals surface area contributed by atoms with Crippen molar-refractivity contribution in [2.75, 3.05) is 6.54 Å². The van der Waals surface area contributed by atoms with Crippen LogP contribution >= 0.6 is 0 Å². The van der Waals surface area contributed by atoms with Gasteiger partial charge in [-0.2, -0.15) is 0 Å². The van der Waals surface area contributed by atoms with Crippen LogP contribution in [0.3, 0.4) is 0 Å². The average molecular weight is 282 g/mol. The first-order valence-corrected chi connectivity index (χ1v) is 8.02. The highest BCUT2D eigenvalue weighted by molar-refractivity contribution is 5.26. The first-order valence-electron chi connectivity index (χ1n) is 8.02. The van der Waals surface area contributed by atoms with Gasteiger partial charge in [-0.25, -0.2) is 0 Å². The monoisotopic (exact) mass is 282 g/mol. The lowest BCUT2D eigenvalue weighted by atomic mass is 9.99. The molecule has 1 aromatic carbocycles. The van der Waals surface area contributed by atoms with E-state index in [-0.39, 0.29) is 0 Å². The second-order valence-corrected chi connectivity index (χ2v) is 5.42. The lowest BCUT2D eigenvalue weighted by molar-refractivity contribution is 0.544. The quantitative estimate of drug-likeness (QED) is 0.827. The lowest BCUT2D eigenvalue weighted by Gasteiger charge is -2.18. The molecule has 1 heterocycles. The summed E-state index contributed by atoms with van der Waals surface area (Å²) in [4.78, 5) is 4.59. The van der Waals surface area contributed by atoms with E-state index in [0.29, 0.717) is 6.04 Å². The number of likely N-dealkylation sites (N-methyl/N-ethyl adjacent to an activating group) is 1. The van der Waals surface area contributed by atoms with Crippen molar-refractivity contribution in [3.8, 4) is 0 Å². The third-order valence-electron chi connectivity index (χ3n) is 3.95. The second-order valence-electron chi connectivity index (χ2n) is 5.42. The van der Waals surface area contributed by atoms with Crippen LogP contribution in [0.5, 0.6) is 0 Å². The van der Waals surface area contributed by atoms with E-state index in [0.717, 1.165) is 31.5 Å². The lowest BCUT2D eigenvalue weighted by Crippen LogP contribution is -2.23. The summed E-state index contributed by atoms with van der Waals surface area (Å²) < 4.78 is 0. The summed E-state index contributed by atoms with van der Waals surface area (Å²) in [7, 11) is 0. The fraction of sp³-hybridized carbons (Fsp3) is 0.421. The Kier molecular flexibility index (Phi) is 5.94. The smallest absolute Gasteiger partial charge is 0.0422 e. The van der Waals surface area contributed by atoms with Gasteiger partial charge in [0, 0.05) is 24.4 Å². The van der Waals surface area contributed by atoms with Gasteiger partial charge in [0.05, 0.1) is 0 Å². The molecular formula is C19H26N2. The van der Waals surface area contributed by atoms with E-state index < -0.39 is 0 Å². The Bertz CT molecular complexity index is 528. The molecule has 1 atom stereocenters. The highest BCUT2D eigenvalue weighted by Gasteiger charge is 2.11. The minimum absolute atomic E-state index is 0.334. The Morgan fingerprint density at radius 1 is 0.905 bits per heavy atom. The summed E-state index contributed by atoms with van der Waals surface area (Å²) in [6, 6.07) is 13.6. The van der Waals surface area contributed by atoms with Crippen molar-refractivity contribution >= 4 is 0 Å². The molecular weight excluding hydrogens is 256 g/mol. The summed E-state index contributed by atoms with van der Waals surface area (Å²) >= 11 is 0. The van der Waals surface area contributed by atoms with Crippen molar-refractivity contribution < 1.29 is 0 Å². The Labute approximate surface area is 128 Å². The van der Waals surface area contributed by atoms with Gasteiger partial charge < -0.3 is 5.32 Å². The molecule has 0 saturated heterocycles. The van der Waals surface area contributed by atoms with Gasteiger partial charge in [0.15, 0.2) is 0 Å². The third-order valence-corrected chi connectivity index (χ3v) is 3.95. The largest absolute Gasteiger partial charge is 0.310 e. The van der Waals surface area contributed by atoms with Crippen LogP contribution in [-0.2, 0) is 19.3 Å². The van der Waals surface area contributed by atoms with Gasteiger partial charge in [0.1, 0.15) is 0 Å². The summed E-state index contributed by atoms with van der Waals surface area (Å²) in [6.45, 7) is 7.47. The minimum Gasteiger partial charge on any atom is -0.310 e. The highest BCUT2D eigenvalue weighted by Crippen LogP contribution is 2.19. The minimum atomic E-state index is 0.334. The van der Waals surface area contributed by atoms with Crippen LogP contribution in [0.2, 0.25) is 0 Å². The van der Waals surface area contributed by atoms with Crippen LogP contribution in [0.25, 0.3) is 0 Å². The van der Waals surface area contributed by atoms with E-state index in [4.69, 9.17) is 0 Å². The molecule has 0 saturated carbocycles. The summed E-state index contributed by atoms with van der Waals surface area (Å²) in [5, 5.41) is 3.57. The first-order chi connectivity index (χ1) is 10.3. The molecule has 2 aromatic rings. The topological polar surface area (TPSA) is 24.9 Å². The molecule has 0 amide bonds. The molecule has 2 nitrogen and oxygen atoms in total. The number of aryl methyl sites for hydroxylation is 2. The predicted molar refractivity (Wildman–Crippen MR) is 89.6 cm³/mol. The van der Waals surface area contributed by atoms with Gasteiger partial charge >= 0.3 is 0 Å². The number of hydrogen-bond donors (Lipinski definition) is 1. The zero-order valence-corrected chi connectivity index (χ0v) is 13.4. The van der Waals surface area contributed by atoms with E-state index >= 15 is 0 Å². The first kappa shape index (κ1) is 15.7. The van der Waals surface area contributed by atoms with Crippen LogP contribution in [0.15, 0.2) is 42.6 Å². The number of aromatic nitrogens is 1. The number of nitrogens with zero attached hydrogens (tertiary/aromatic N) is 1. The van der Waals surface area contributed by atoms with Gasteiger partial charge in [0.2, 0.25) is 0 Å². The van der Waals surface area contributed by atoms with Crippen molar-refractivity contribution in [3.63, 3.8) is 0 Å². The van der Waals surface area contributed by atoms with E-state index in [1.807, 2.05) is 6.20 Å². The molecule has 0 aliphatic rings. The number of nitrogens with one attached hydrogen (secondary N) is 1. The van der Waals surface area contributed by atoms with Crippen molar-refractivity contribution in [1.82, 2.24) is 10.3 Å². The molecule has 0 bridgehead atoms. The molecule has 0 aliphatic heterocycles. The van der Waals surface area contributed by atoms with E-state index in [1.54, 1.807) is 0 Å². The summed E-state index contributed by atoms with van der Waals surface area (Å²) in [6.07, 6.45) is 5.07. The zero-order valence-electron chi connectivity index (χ0n) is 13.4. The fourth-order valence-corrected chi connectivity index (χ4v) is 2.53. The molecule has 1 unspecified atom stereocenters. The maximum atomic E-state index is 4.59. The standard InChI is InChI=1S/C19H26N2/c1-4-15-7-10-17(11-8-15)19(20-6-3)13-18-12-9-16(5-2)14-21-18/h7-12,14,19-20H,4-6,13H2,1-3H3. The van der Waals surface area contributed by atoms with Gasteiger partial charge in [-0.05, 0) is 42.1 Å². The molecule has 112 valence electrons. The maximum Gasteiger partial charge on any atom is 0.0422 e. The molecule has 2 heteroatoms. The molecule has 0 fully saturated rings. The Balaban J connectivity index is 2.13. The number of pyridine rings is 1. The van der Waals surface area contributed by atoms with E-state index in [2.05, 4.69) is 67.5 Å². The van der Waals surface area contributed by atoms with E-state index in [1.165, 1.54) is 16.7 Å². The van der Waals surface area contributed by atoms with Crippen LogP contribution < -0.4 is 5.32 Å². The van der Waals surface area contributed by atoms with Crippen molar-refractivity contribution in [1.29, 1.82) is 0 Å². The van der Waals surface area contributed by atoms with E-state index in [9.17, 15) is 0 Å². The number of benzene rings is 1. The molecule has 1 N–H and O–H groups in total. The Morgan fingerprint density at radius 3 is 2.10 bits per heavy atom. The zero-order chi connectivity index (χ0) is 15.1. The number of hydrogen-bond acceptors (Lipinski definition) is 2.